The van der Waals surface area contributed by atoms with E-state index in [1.165, 1.54) is 11.3 Å². The van der Waals surface area contributed by atoms with Crippen LogP contribution in [0.4, 0.5) is 4.39 Å². The number of aromatic nitrogens is 2. The minimum atomic E-state index is -3.47. The second-order valence-corrected chi connectivity index (χ2v) is 9.08. The summed E-state index contributed by atoms with van der Waals surface area (Å²) in [6, 6.07) is 3.56. The molecule has 1 N–H and O–H groups in total. The van der Waals surface area contributed by atoms with Crippen LogP contribution in [0.5, 0.6) is 6.01 Å². The normalized spacial score (nSPS) is 21.2. The summed E-state index contributed by atoms with van der Waals surface area (Å²) in [5.74, 6) is -0.509. The lowest BCUT2D eigenvalue weighted by molar-refractivity contribution is 0.132. The molecule has 25 heavy (non-hydrogen) atoms. The number of nitrogens with zero attached hydrogens (tertiary/aromatic N) is 2. The molecule has 0 aliphatic heterocycles. The summed E-state index contributed by atoms with van der Waals surface area (Å²) in [6.07, 6.45) is 5.61. The molecule has 6 nitrogen and oxygen atoms in total. The molecule has 2 heterocycles. The van der Waals surface area contributed by atoms with Gasteiger partial charge in [0, 0.05) is 10.9 Å². The van der Waals surface area contributed by atoms with Crippen molar-refractivity contribution in [3.63, 3.8) is 0 Å². The highest BCUT2D eigenvalue weighted by Crippen LogP contribution is 2.26. The van der Waals surface area contributed by atoms with Crippen molar-refractivity contribution < 1.29 is 17.5 Å². The second-order valence-electron chi connectivity index (χ2n) is 5.97. The minimum Gasteiger partial charge on any atom is -0.460 e. The second kappa shape index (κ2) is 7.76. The molecule has 2 aromatic rings. The minimum absolute atomic E-state index is 0.0837. The molecule has 1 saturated carbocycles. The van der Waals surface area contributed by atoms with E-state index in [0.29, 0.717) is 29.9 Å². The number of nitrogens with one attached hydrogen (secondary N) is 1. The van der Waals surface area contributed by atoms with Crippen molar-refractivity contribution >= 4 is 21.4 Å². The number of aryl methyl sites for hydroxylation is 1. The Kier molecular flexibility index (Phi) is 5.65. The fraction of sp³-hybridized carbons (Fsp3) is 0.500. The zero-order chi connectivity index (χ0) is 17.9. The summed E-state index contributed by atoms with van der Waals surface area (Å²) in [5.41, 5.74) is 0. The number of thiophene rings is 1. The molecular formula is C16H20FN3O3S2. The SMILES string of the molecule is CCc1ccc(S(=O)(=O)NC2CCC(Oc3ncc(F)cn3)CC2)s1. The lowest BCUT2D eigenvalue weighted by atomic mass is 9.94. The van der Waals surface area contributed by atoms with Crippen molar-refractivity contribution in [3.05, 3.63) is 35.2 Å². The van der Waals surface area contributed by atoms with Crippen LogP contribution in [0.1, 0.15) is 37.5 Å². The molecule has 2 aromatic heterocycles. The van der Waals surface area contributed by atoms with Crippen molar-refractivity contribution in [3.8, 4) is 6.01 Å². The van der Waals surface area contributed by atoms with Gasteiger partial charge in [0.05, 0.1) is 12.4 Å². The predicted octanol–water partition coefficient (Wildman–Crippen LogP) is 2.91. The fourth-order valence-electron chi connectivity index (χ4n) is 2.78. The molecule has 0 unspecified atom stereocenters. The van der Waals surface area contributed by atoms with Gasteiger partial charge in [-0.2, -0.15) is 0 Å². The third-order valence-electron chi connectivity index (χ3n) is 4.12. The Morgan fingerprint density at radius 1 is 1.24 bits per heavy atom. The van der Waals surface area contributed by atoms with Gasteiger partial charge in [0.2, 0.25) is 10.0 Å². The highest BCUT2D eigenvalue weighted by atomic mass is 32.2. The Hall–Kier alpha value is -1.58. The van der Waals surface area contributed by atoms with Crippen LogP contribution in [0.25, 0.3) is 0 Å². The predicted molar refractivity (Wildman–Crippen MR) is 92.7 cm³/mol. The molecule has 0 aromatic carbocycles. The lowest BCUT2D eigenvalue weighted by Gasteiger charge is -2.28. The number of hydrogen-bond acceptors (Lipinski definition) is 6. The number of halogens is 1. The van der Waals surface area contributed by atoms with Gasteiger partial charge >= 0.3 is 6.01 Å². The summed E-state index contributed by atoms with van der Waals surface area (Å²) >= 11 is 1.31. The zero-order valence-corrected chi connectivity index (χ0v) is 15.4. The van der Waals surface area contributed by atoms with Gasteiger partial charge in [-0.25, -0.2) is 27.5 Å². The Morgan fingerprint density at radius 3 is 2.52 bits per heavy atom. The quantitative estimate of drug-likeness (QED) is 0.827. The van der Waals surface area contributed by atoms with E-state index in [9.17, 15) is 12.8 Å². The van der Waals surface area contributed by atoms with E-state index in [-0.39, 0.29) is 18.2 Å². The Balaban J connectivity index is 1.52. The van der Waals surface area contributed by atoms with Crippen molar-refractivity contribution in [1.29, 1.82) is 0 Å². The number of rotatable bonds is 6. The standard InChI is InChI=1S/C16H20FN3O3S2/c1-2-14-7-8-15(24-14)25(21,22)20-12-3-5-13(6-4-12)23-16-18-9-11(17)10-19-16/h7-10,12-13,20H,2-6H2,1H3. The maximum Gasteiger partial charge on any atom is 0.316 e. The Bertz CT molecular complexity index is 800. The summed E-state index contributed by atoms with van der Waals surface area (Å²) in [7, 11) is -3.47. The molecule has 1 aliphatic rings. The molecule has 0 spiro atoms. The van der Waals surface area contributed by atoms with E-state index in [1.807, 2.05) is 13.0 Å². The average Bonchev–Trinajstić information content (AvgIpc) is 3.09. The fourth-order valence-corrected chi connectivity index (χ4v) is 5.40. The van der Waals surface area contributed by atoms with Crippen LogP contribution in [0, 0.1) is 5.82 Å². The summed E-state index contributed by atoms with van der Waals surface area (Å²) in [6.45, 7) is 2.00. The first kappa shape index (κ1) is 18.2. The highest BCUT2D eigenvalue weighted by Gasteiger charge is 2.27. The van der Waals surface area contributed by atoms with Gasteiger partial charge in [-0.3, -0.25) is 0 Å². The lowest BCUT2D eigenvalue weighted by Crippen LogP contribution is -2.39. The first-order chi connectivity index (χ1) is 12.0. The maximum atomic E-state index is 12.8. The molecule has 136 valence electrons. The smallest absolute Gasteiger partial charge is 0.316 e. The largest absolute Gasteiger partial charge is 0.460 e. The molecule has 0 amide bonds. The van der Waals surface area contributed by atoms with Crippen molar-refractivity contribution in [2.24, 2.45) is 0 Å². The molecule has 0 bridgehead atoms. The van der Waals surface area contributed by atoms with E-state index in [1.54, 1.807) is 6.07 Å². The third-order valence-corrected chi connectivity index (χ3v) is 7.36. The molecule has 0 radical (unpaired) electrons. The molecule has 1 aliphatic carbocycles. The van der Waals surface area contributed by atoms with Crippen molar-refractivity contribution in [2.45, 2.75) is 55.4 Å². The van der Waals surface area contributed by atoms with Crippen LogP contribution in [0.15, 0.2) is 28.7 Å². The molecule has 1 fully saturated rings. The van der Waals surface area contributed by atoms with Gasteiger partial charge in [0.25, 0.3) is 0 Å². The molecular weight excluding hydrogens is 365 g/mol. The van der Waals surface area contributed by atoms with Gasteiger partial charge in [-0.15, -0.1) is 11.3 Å². The average molecular weight is 385 g/mol. The van der Waals surface area contributed by atoms with E-state index < -0.39 is 15.8 Å². The van der Waals surface area contributed by atoms with Gasteiger partial charge in [0.15, 0.2) is 5.82 Å². The van der Waals surface area contributed by atoms with E-state index >= 15 is 0 Å². The van der Waals surface area contributed by atoms with Crippen LogP contribution in [0.2, 0.25) is 0 Å². The number of hydrogen-bond donors (Lipinski definition) is 1. The molecule has 0 atom stereocenters. The Labute approximate surface area is 150 Å². The van der Waals surface area contributed by atoms with E-state index in [2.05, 4.69) is 14.7 Å². The molecule has 9 heteroatoms. The van der Waals surface area contributed by atoms with Crippen molar-refractivity contribution in [1.82, 2.24) is 14.7 Å². The Morgan fingerprint density at radius 2 is 1.92 bits per heavy atom. The molecule has 0 saturated heterocycles. The van der Waals surface area contributed by atoms with Gasteiger partial charge in [-0.05, 0) is 44.2 Å². The first-order valence-electron chi connectivity index (χ1n) is 8.21. The molecule has 3 rings (SSSR count). The highest BCUT2D eigenvalue weighted by molar-refractivity contribution is 7.91. The summed E-state index contributed by atoms with van der Waals surface area (Å²) < 4.78 is 46.5. The topological polar surface area (TPSA) is 81.2 Å². The summed E-state index contributed by atoms with van der Waals surface area (Å²) in [5, 5.41) is 0. The number of sulfonamides is 1. The van der Waals surface area contributed by atoms with Crippen LogP contribution in [-0.4, -0.2) is 30.5 Å². The van der Waals surface area contributed by atoms with E-state index in [0.717, 1.165) is 23.7 Å². The van der Waals surface area contributed by atoms with E-state index in [4.69, 9.17) is 4.74 Å². The van der Waals surface area contributed by atoms with Crippen LogP contribution in [-0.2, 0) is 16.4 Å². The monoisotopic (exact) mass is 385 g/mol. The van der Waals surface area contributed by atoms with Crippen molar-refractivity contribution in [2.75, 3.05) is 0 Å². The van der Waals surface area contributed by atoms with Crippen LogP contribution >= 0.6 is 11.3 Å². The first-order valence-corrected chi connectivity index (χ1v) is 10.5. The van der Waals surface area contributed by atoms with Gasteiger partial charge in [-0.1, -0.05) is 6.92 Å². The van der Waals surface area contributed by atoms with Gasteiger partial charge in [0.1, 0.15) is 10.3 Å². The van der Waals surface area contributed by atoms with Crippen LogP contribution < -0.4 is 9.46 Å². The van der Waals surface area contributed by atoms with Crippen LogP contribution in [0.3, 0.4) is 0 Å². The van der Waals surface area contributed by atoms with Gasteiger partial charge < -0.3 is 4.74 Å². The number of ether oxygens (including phenoxy) is 1. The third kappa shape index (κ3) is 4.74. The zero-order valence-electron chi connectivity index (χ0n) is 13.8. The maximum absolute atomic E-state index is 12.8. The summed E-state index contributed by atoms with van der Waals surface area (Å²) in [4.78, 5) is 8.62.